The third-order valence-corrected chi connectivity index (χ3v) is 7.48. The van der Waals surface area contributed by atoms with Crippen LogP contribution in [0.4, 0.5) is 5.69 Å². The molecule has 4 aromatic carbocycles. The predicted molar refractivity (Wildman–Crippen MR) is 146 cm³/mol. The molecule has 7 heteroatoms. The van der Waals surface area contributed by atoms with Crippen LogP contribution in [-0.4, -0.2) is 26.4 Å². The van der Waals surface area contributed by atoms with Crippen molar-refractivity contribution in [2.75, 3.05) is 10.8 Å². The quantitative estimate of drug-likeness (QED) is 0.290. The summed E-state index contributed by atoms with van der Waals surface area (Å²) >= 11 is 0. The summed E-state index contributed by atoms with van der Waals surface area (Å²) in [6.07, 6.45) is 0.608. The van der Waals surface area contributed by atoms with Gasteiger partial charge in [0.05, 0.1) is 10.6 Å². The second-order valence-corrected chi connectivity index (χ2v) is 11.2. The van der Waals surface area contributed by atoms with E-state index in [1.54, 1.807) is 42.5 Å². The van der Waals surface area contributed by atoms with Gasteiger partial charge in [0.2, 0.25) is 5.91 Å². The first kappa shape index (κ1) is 26.0. The molecule has 0 aromatic heterocycles. The SMILES string of the molecule is CC(C)(Cc1ccccc1)NC(=O)CN(c1ccc(Oc2ccccc2)cc1)S(=O)(=O)c1ccccc1. The summed E-state index contributed by atoms with van der Waals surface area (Å²) in [5.41, 5.74) is 0.865. The number of benzene rings is 4. The van der Waals surface area contributed by atoms with Crippen LogP contribution in [0.15, 0.2) is 120 Å². The van der Waals surface area contributed by atoms with Gasteiger partial charge in [0.15, 0.2) is 0 Å². The second-order valence-electron chi connectivity index (χ2n) is 9.33. The number of carbonyl (C=O) groups is 1. The molecule has 0 saturated carbocycles. The van der Waals surface area contributed by atoms with Gasteiger partial charge in [-0.25, -0.2) is 8.42 Å². The van der Waals surface area contributed by atoms with Crippen LogP contribution in [0.2, 0.25) is 0 Å². The second kappa shape index (κ2) is 11.3. The molecule has 0 spiro atoms. The summed E-state index contributed by atoms with van der Waals surface area (Å²) in [6.45, 7) is 3.47. The maximum Gasteiger partial charge on any atom is 0.264 e. The Morgan fingerprint density at radius 2 is 1.27 bits per heavy atom. The number of carbonyl (C=O) groups excluding carboxylic acids is 1. The van der Waals surface area contributed by atoms with E-state index < -0.39 is 21.5 Å². The molecule has 0 atom stereocenters. The van der Waals surface area contributed by atoms with Crippen molar-refractivity contribution in [1.29, 1.82) is 0 Å². The lowest BCUT2D eigenvalue weighted by atomic mass is 9.95. The lowest BCUT2D eigenvalue weighted by Crippen LogP contribution is -2.50. The first-order valence-corrected chi connectivity index (χ1v) is 13.4. The molecule has 0 aliphatic rings. The van der Waals surface area contributed by atoms with Crippen LogP contribution < -0.4 is 14.4 Å². The number of nitrogens with one attached hydrogen (secondary N) is 1. The molecule has 4 rings (SSSR count). The van der Waals surface area contributed by atoms with Crippen LogP contribution in [0.25, 0.3) is 0 Å². The fourth-order valence-electron chi connectivity index (χ4n) is 4.04. The number of rotatable bonds is 10. The molecule has 6 nitrogen and oxygen atoms in total. The molecule has 0 unspecified atom stereocenters. The Morgan fingerprint density at radius 3 is 1.86 bits per heavy atom. The van der Waals surface area contributed by atoms with Gasteiger partial charge in [-0.05, 0) is 74.4 Å². The largest absolute Gasteiger partial charge is 0.457 e. The summed E-state index contributed by atoms with van der Waals surface area (Å²) in [5, 5.41) is 3.00. The molecule has 37 heavy (non-hydrogen) atoms. The number of anilines is 1. The van der Waals surface area contributed by atoms with E-state index in [0.29, 0.717) is 23.6 Å². The van der Waals surface area contributed by atoms with Gasteiger partial charge in [0, 0.05) is 5.54 Å². The van der Waals surface area contributed by atoms with E-state index in [-0.39, 0.29) is 11.4 Å². The van der Waals surface area contributed by atoms with Gasteiger partial charge >= 0.3 is 0 Å². The molecule has 0 heterocycles. The highest BCUT2D eigenvalue weighted by Gasteiger charge is 2.29. The van der Waals surface area contributed by atoms with Crippen LogP contribution in [-0.2, 0) is 21.2 Å². The maximum absolute atomic E-state index is 13.6. The van der Waals surface area contributed by atoms with E-state index in [0.717, 1.165) is 9.87 Å². The number of sulfonamides is 1. The number of hydrogen-bond acceptors (Lipinski definition) is 4. The number of para-hydroxylation sites is 1. The van der Waals surface area contributed by atoms with Crippen molar-refractivity contribution >= 4 is 21.6 Å². The van der Waals surface area contributed by atoms with Gasteiger partial charge in [0.25, 0.3) is 10.0 Å². The van der Waals surface area contributed by atoms with Crippen molar-refractivity contribution in [3.05, 3.63) is 121 Å². The van der Waals surface area contributed by atoms with Crippen molar-refractivity contribution < 1.29 is 17.9 Å². The summed E-state index contributed by atoms with van der Waals surface area (Å²) < 4.78 is 34.2. The molecule has 4 aromatic rings. The highest BCUT2D eigenvalue weighted by Crippen LogP contribution is 2.28. The van der Waals surface area contributed by atoms with Crippen LogP contribution in [0.3, 0.4) is 0 Å². The van der Waals surface area contributed by atoms with E-state index in [1.165, 1.54) is 12.1 Å². The molecule has 0 fully saturated rings. The number of ether oxygens (including phenoxy) is 1. The Labute approximate surface area is 218 Å². The zero-order valence-corrected chi connectivity index (χ0v) is 21.7. The minimum absolute atomic E-state index is 0.107. The minimum atomic E-state index is -4.00. The molecule has 0 aliphatic carbocycles. The topological polar surface area (TPSA) is 75.7 Å². The predicted octanol–water partition coefficient (Wildman–Crippen LogP) is 5.81. The molecule has 1 N–H and O–H groups in total. The Balaban J connectivity index is 1.57. The van der Waals surface area contributed by atoms with Gasteiger partial charge in [-0.15, -0.1) is 0 Å². The average Bonchev–Trinajstić information content (AvgIpc) is 2.89. The summed E-state index contributed by atoms with van der Waals surface area (Å²) in [4.78, 5) is 13.3. The Bertz CT molecular complexity index is 1410. The van der Waals surface area contributed by atoms with E-state index in [9.17, 15) is 13.2 Å². The smallest absolute Gasteiger partial charge is 0.264 e. The number of nitrogens with zero attached hydrogens (tertiary/aromatic N) is 1. The molecule has 190 valence electrons. The summed E-state index contributed by atoms with van der Waals surface area (Å²) in [6, 6.07) is 33.9. The third-order valence-electron chi connectivity index (χ3n) is 5.69. The van der Waals surface area contributed by atoms with Crippen molar-refractivity contribution in [3.63, 3.8) is 0 Å². The van der Waals surface area contributed by atoms with Crippen LogP contribution >= 0.6 is 0 Å². The Morgan fingerprint density at radius 1 is 0.757 bits per heavy atom. The molecule has 0 saturated heterocycles. The molecular formula is C30H30N2O4S. The van der Waals surface area contributed by atoms with E-state index in [1.807, 2.05) is 74.5 Å². The standard InChI is InChI=1S/C30H30N2O4S/c1-30(2,22-24-12-6-3-7-13-24)31-29(33)23-32(37(34,35)28-16-10-5-11-17-28)25-18-20-27(21-19-25)36-26-14-8-4-9-15-26/h3-21H,22-23H2,1-2H3,(H,31,33). The molecule has 1 amide bonds. The van der Waals surface area contributed by atoms with Gasteiger partial charge in [-0.2, -0.15) is 0 Å². The van der Waals surface area contributed by atoms with Gasteiger partial charge in [0.1, 0.15) is 18.0 Å². The normalized spacial score (nSPS) is 11.5. The van der Waals surface area contributed by atoms with E-state index in [2.05, 4.69) is 5.32 Å². The monoisotopic (exact) mass is 514 g/mol. The summed E-state index contributed by atoms with van der Waals surface area (Å²) in [5.74, 6) is 0.828. The first-order valence-electron chi connectivity index (χ1n) is 12.0. The van der Waals surface area contributed by atoms with Crippen LogP contribution in [0.1, 0.15) is 19.4 Å². The van der Waals surface area contributed by atoms with Gasteiger partial charge in [-0.3, -0.25) is 9.10 Å². The van der Waals surface area contributed by atoms with Crippen molar-refractivity contribution in [2.24, 2.45) is 0 Å². The fraction of sp³-hybridized carbons (Fsp3) is 0.167. The Hall–Kier alpha value is -4.10. The van der Waals surface area contributed by atoms with Gasteiger partial charge in [-0.1, -0.05) is 66.7 Å². The summed E-state index contributed by atoms with van der Waals surface area (Å²) in [7, 11) is -4.00. The lowest BCUT2D eigenvalue weighted by Gasteiger charge is -2.29. The van der Waals surface area contributed by atoms with E-state index in [4.69, 9.17) is 4.74 Å². The minimum Gasteiger partial charge on any atom is -0.457 e. The highest BCUT2D eigenvalue weighted by atomic mass is 32.2. The Kier molecular flexibility index (Phi) is 7.94. The van der Waals surface area contributed by atoms with Crippen molar-refractivity contribution in [1.82, 2.24) is 5.32 Å². The lowest BCUT2D eigenvalue weighted by molar-refractivity contribution is -0.121. The first-order chi connectivity index (χ1) is 17.7. The third kappa shape index (κ3) is 6.98. The van der Waals surface area contributed by atoms with Crippen LogP contribution in [0, 0.1) is 0 Å². The maximum atomic E-state index is 13.6. The average molecular weight is 515 g/mol. The molecule has 0 radical (unpaired) electrons. The number of hydrogen-bond donors (Lipinski definition) is 1. The van der Waals surface area contributed by atoms with Crippen molar-refractivity contribution in [3.8, 4) is 11.5 Å². The van der Waals surface area contributed by atoms with Crippen molar-refractivity contribution in [2.45, 2.75) is 30.7 Å². The number of amides is 1. The fourth-order valence-corrected chi connectivity index (χ4v) is 5.48. The molecule has 0 bridgehead atoms. The molecule has 0 aliphatic heterocycles. The zero-order valence-electron chi connectivity index (χ0n) is 20.9. The van der Waals surface area contributed by atoms with E-state index >= 15 is 0 Å². The highest BCUT2D eigenvalue weighted by molar-refractivity contribution is 7.92. The zero-order chi connectivity index (χ0) is 26.3. The molecular weight excluding hydrogens is 484 g/mol. The van der Waals surface area contributed by atoms with Crippen LogP contribution in [0.5, 0.6) is 11.5 Å². The van der Waals surface area contributed by atoms with Gasteiger partial charge < -0.3 is 10.1 Å².